The maximum absolute atomic E-state index is 12.0. The molecular weight excluding hydrogens is 314 g/mol. The van der Waals surface area contributed by atoms with E-state index in [2.05, 4.69) is 10.3 Å². The Morgan fingerprint density at radius 2 is 1.96 bits per heavy atom. The fourth-order valence-corrected chi connectivity index (χ4v) is 2.78. The number of carbonyl (C=O) groups is 2. The lowest BCUT2D eigenvalue weighted by Gasteiger charge is -2.42. The summed E-state index contributed by atoms with van der Waals surface area (Å²) >= 11 is 0. The van der Waals surface area contributed by atoms with E-state index in [-0.39, 0.29) is 0 Å². The first kappa shape index (κ1) is 16.3. The summed E-state index contributed by atoms with van der Waals surface area (Å²) in [4.78, 5) is 29.8. The number of nitrogens with zero attached hydrogens (tertiary/aromatic N) is 2. The Kier molecular flexibility index (Phi) is 4.66. The number of hydrogen-bond acceptors (Lipinski definition) is 8. The summed E-state index contributed by atoms with van der Waals surface area (Å²) < 4.78 is 16.3. The lowest BCUT2D eigenvalue weighted by atomic mass is 10.2. The predicted octanol–water partition coefficient (Wildman–Crippen LogP) is 0.590. The molecular formula is C16H19N3O5. The van der Waals surface area contributed by atoms with E-state index in [4.69, 9.17) is 14.2 Å². The summed E-state index contributed by atoms with van der Waals surface area (Å²) in [6.07, 6.45) is 6.43. The highest BCUT2D eigenvalue weighted by molar-refractivity contribution is 5.93. The average molecular weight is 333 g/mol. The topological polar surface area (TPSA) is 90.0 Å². The van der Waals surface area contributed by atoms with Gasteiger partial charge in [0.25, 0.3) is 0 Å². The monoisotopic (exact) mass is 333 g/mol. The molecule has 0 unspecified atom stereocenters. The second-order valence-corrected chi connectivity index (χ2v) is 5.48. The number of anilines is 1. The Labute approximate surface area is 139 Å². The van der Waals surface area contributed by atoms with Crippen LogP contribution < -0.4 is 15.0 Å². The molecule has 0 aliphatic carbocycles. The van der Waals surface area contributed by atoms with Crippen molar-refractivity contribution >= 4 is 17.6 Å². The molecule has 0 radical (unpaired) electrons. The number of methoxy groups -OCH3 is 1. The summed E-state index contributed by atoms with van der Waals surface area (Å²) in [7, 11) is 1.55. The lowest BCUT2D eigenvalue weighted by Crippen LogP contribution is -2.57. The van der Waals surface area contributed by atoms with Gasteiger partial charge in [-0.25, -0.2) is 9.59 Å². The molecule has 8 nitrogen and oxygen atoms in total. The van der Waals surface area contributed by atoms with Gasteiger partial charge < -0.3 is 19.5 Å². The Balaban J connectivity index is 2.03. The van der Waals surface area contributed by atoms with Gasteiger partial charge in [0.2, 0.25) is 0 Å². The zero-order valence-electron chi connectivity index (χ0n) is 13.4. The van der Waals surface area contributed by atoms with Crippen LogP contribution in [0.4, 0.5) is 5.69 Å². The summed E-state index contributed by atoms with van der Waals surface area (Å²) in [5.41, 5.74) is 0.652. The van der Waals surface area contributed by atoms with Gasteiger partial charge in [0.05, 0.1) is 31.6 Å². The quantitative estimate of drug-likeness (QED) is 0.787. The highest BCUT2D eigenvalue weighted by Gasteiger charge is 2.46. The summed E-state index contributed by atoms with van der Waals surface area (Å²) in [5, 5.41) is 3.23. The predicted molar refractivity (Wildman–Crippen MR) is 84.3 cm³/mol. The van der Waals surface area contributed by atoms with E-state index in [0.717, 1.165) is 25.1 Å². The van der Waals surface area contributed by atoms with Crippen LogP contribution in [0.2, 0.25) is 0 Å². The van der Waals surface area contributed by atoms with E-state index >= 15 is 0 Å². The van der Waals surface area contributed by atoms with Crippen LogP contribution in [-0.4, -0.2) is 49.6 Å². The normalized spacial score (nSPS) is 20.6. The third-order valence-electron chi connectivity index (χ3n) is 3.89. The number of aromatic nitrogens is 1. The van der Waals surface area contributed by atoms with Crippen molar-refractivity contribution in [1.82, 2.24) is 10.3 Å². The average Bonchev–Trinajstić information content (AvgIpc) is 2.71. The van der Waals surface area contributed by atoms with Gasteiger partial charge in [0, 0.05) is 31.3 Å². The number of hydrogen-bond donors (Lipinski definition) is 1. The van der Waals surface area contributed by atoms with Gasteiger partial charge >= 0.3 is 17.8 Å². The van der Waals surface area contributed by atoms with Crippen molar-refractivity contribution in [3.63, 3.8) is 0 Å². The molecule has 0 saturated carbocycles. The number of pyridine rings is 1. The molecule has 1 aromatic heterocycles. The van der Waals surface area contributed by atoms with E-state index in [9.17, 15) is 9.59 Å². The summed E-state index contributed by atoms with van der Waals surface area (Å²) in [6.45, 7) is 1.86. The van der Waals surface area contributed by atoms with Crippen LogP contribution in [0, 0.1) is 0 Å². The molecule has 1 spiro atoms. The Hall–Kier alpha value is -2.61. The van der Waals surface area contributed by atoms with Crippen molar-refractivity contribution in [2.24, 2.45) is 0 Å². The molecule has 1 fully saturated rings. The minimum absolute atomic E-state index is 0.295. The number of carbonyl (C=O) groups excluding carboxylic acids is 2. The van der Waals surface area contributed by atoms with Crippen LogP contribution >= 0.6 is 0 Å². The fourth-order valence-electron chi connectivity index (χ4n) is 2.78. The minimum atomic E-state index is -1.51. The molecule has 2 aliphatic rings. The van der Waals surface area contributed by atoms with E-state index in [1.54, 1.807) is 30.5 Å². The smallest absolute Gasteiger partial charge is 0.344 e. The first-order valence-corrected chi connectivity index (χ1v) is 7.74. The van der Waals surface area contributed by atoms with Gasteiger partial charge in [-0.05, 0) is 13.0 Å². The van der Waals surface area contributed by atoms with Crippen molar-refractivity contribution < 1.29 is 23.8 Å². The van der Waals surface area contributed by atoms with Crippen LogP contribution in [-0.2, 0) is 19.1 Å². The van der Waals surface area contributed by atoms with Gasteiger partial charge in [0.1, 0.15) is 5.75 Å². The molecule has 3 heterocycles. The molecule has 8 heteroatoms. The number of rotatable bonds is 2. The molecule has 128 valence electrons. The molecule has 0 atom stereocenters. The van der Waals surface area contributed by atoms with Gasteiger partial charge in [-0.15, -0.1) is 0 Å². The zero-order chi connectivity index (χ0) is 17.0. The molecule has 0 bridgehead atoms. The van der Waals surface area contributed by atoms with Crippen molar-refractivity contribution in [1.29, 1.82) is 0 Å². The molecule has 3 rings (SSSR count). The van der Waals surface area contributed by atoms with Crippen molar-refractivity contribution in [2.75, 3.05) is 31.6 Å². The Bertz CT molecular complexity index is 641. The molecule has 1 N–H and O–H groups in total. The maximum Gasteiger partial charge on any atom is 0.344 e. The fraction of sp³-hybridized carbons (Fsp3) is 0.438. The van der Waals surface area contributed by atoms with Gasteiger partial charge in [-0.3, -0.25) is 9.88 Å². The van der Waals surface area contributed by atoms with Crippen LogP contribution in [0.1, 0.15) is 12.8 Å². The highest BCUT2D eigenvalue weighted by Crippen LogP contribution is 2.33. The lowest BCUT2D eigenvalue weighted by molar-refractivity contribution is -0.223. The highest BCUT2D eigenvalue weighted by atomic mass is 16.8. The first-order chi connectivity index (χ1) is 11.6. The van der Waals surface area contributed by atoms with E-state index in [1.165, 1.54) is 0 Å². The first-order valence-electron chi connectivity index (χ1n) is 7.74. The zero-order valence-corrected chi connectivity index (χ0v) is 13.4. The molecule has 1 aromatic rings. The number of esters is 2. The van der Waals surface area contributed by atoms with E-state index in [1.807, 2.05) is 0 Å². The van der Waals surface area contributed by atoms with Crippen molar-refractivity contribution in [3.05, 3.63) is 30.6 Å². The second kappa shape index (κ2) is 6.88. The maximum atomic E-state index is 12.0. The van der Waals surface area contributed by atoms with Gasteiger partial charge in [-0.2, -0.15) is 0 Å². The second-order valence-electron chi connectivity index (χ2n) is 5.48. The van der Waals surface area contributed by atoms with E-state index < -0.39 is 17.8 Å². The number of ether oxygens (including phenoxy) is 3. The largest absolute Gasteiger partial charge is 0.495 e. The van der Waals surface area contributed by atoms with Crippen LogP contribution in [0.15, 0.2) is 30.6 Å². The minimum Gasteiger partial charge on any atom is -0.495 e. The molecule has 0 aromatic carbocycles. The van der Waals surface area contributed by atoms with Crippen LogP contribution in [0.25, 0.3) is 0 Å². The van der Waals surface area contributed by atoms with Gasteiger partial charge in [0.15, 0.2) is 0 Å². The third-order valence-corrected chi connectivity index (χ3v) is 3.89. The Morgan fingerprint density at radius 1 is 1.21 bits per heavy atom. The SMILES string of the molecule is COc1cncc(N2CCCNCCC23OC(=O)C=CC(=O)O3)c1. The van der Waals surface area contributed by atoms with Gasteiger partial charge in [-0.1, -0.05) is 0 Å². The standard InChI is InChI=1S/C16H19N3O5/c1-22-13-9-12(10-18-11-13)19-8-2-6-17-7-5-16(19)23-14(20)3-4-15(21)24-16/h3-4,9-11,17H,2,5-8H2,1H3. The van der Waals surface area contributed by atoms with Crippen molar-refractivity contribution in [3.8, 4) is 5.75 Å². The van der Waals surface area contributed by atoms with Crippen molar-refractivity contribution in [2.45, 2.75) is 18.8 Å². The van der Waals surface area contributed by atoms with Crippen LogP contribution in [0.3, 0.4) is 0 Å². The molecule has 0 amide bonds. The molecule has 2 aliphatic heterocycles. The van der Waals surface area contributed by atoms with Crippen LogP contribution in [0.5, 0.6) is 5.75 Å². The Morgan fingerprint density at radius 3 is 2.67 bits per heavy atom. The summed E-state index contributed by atoms with van der Waals surface area (Å²) in [5.74, 6) is -2.20. The molecule has 1 saturated heterocycles. The number of nitrogens with one attached hydrogen (secondary N) is 1. The third kappa shape index (κ3) is 3.33. The van der Waals surface area contributed by atoms with E-state index in [0.29, 0.717) is 30.9 Å². The molecule has 24 heavy (non-hydrogen) atoms. The summed E-state index contributed by atoms with van der Waals surface area (Å²) in [6, 6.07) is 1.77.